The summed E-state index contributed by atoms with van der Waals surface area (Å²) < 4.78 is 0. The van der Waals surface area contributed by atoms with E-state index in [9.17, 15) is 4.79 Å². The number of carbonyl (C=O) groups excluding carboxylic acids is 1. The molecule has 0 aromatic carbocycles. The highest BCUT2D eigenvalue weighted by molar-refractivity contribution is 5.49. The first-order valence-electron chi connectivity index (χ1n) is 4.85. The molecule has 0 saturated carbocycles. The Morgan fingerprint density at radius 1 is 1.13 bits per heavy atom. The highest BCUT2D eigenvalue weighted by Gasteiger charge is 2.14. The Morgan fingerprint density at radius 2 is 1.60 bits per heavy atom. The predicted molar refractivity (Wildman–Crippen MR) is 62.8 cm³/mol. The largest absolute Gasteiger partial charge is 0.359 e. The van der Waals surface area contributed by atoms with Gasteiger partial charge in [0.25, 0.3) is 0 Å². The second-order valence-electron chi connectivity index (χ2n) is 3.81. The monoisotopic (exact) mass is 211 g/mol. The molecule has 0 bridgehead atoms. The summed E-state index contributed by atoms with van der Waals surface area (Å²) in [6, 6.07) is 0.356. The van der Waals surface area contributed by atoms with Gasteiger partial charge in [-0.25, -0.2) is 0 Å². The maximum absolute atomic E-state index is 10.6. The van der Waals surface area contributed by atoms with E-state index in [1.165, 1.54) is 4.90 Å². The Morgan fingerprint density at radius 3 is 1.93 bits per heavy atom. The van der Waals surface area contributed by atoms with Gasteiger partial charge in [-0.15, -0.1) is 0 Å². The smallest absolute Gasteiger partial charge is 0.214 e. The molecule has 4 nitrogen and oxygen atoms in total. The van der Waals surface area contributed by atoms with Gasteiger partial charge in [-0.2, -0.15) is 0 Å². The highest BCUT2D eigenvalue weighted by Crippen LogP contribution is 2.13. The fourth-order valence-electron chi connectivity index (χ4n) is 0.981. The first-order chi connectivity index (χ1) is 6.82. The van der Waals surface area contributed by atoms with Crippen LogP contribution in [0, 0.1) is 0 Å². The lowest BCUT2D eigenvalue weighted by atomic mass is 10.3. The Kier molecular flexibility index (Phi) is 4.91. The van der Waals surface area contributed by atoms with E-state index in [1.54, 1.807) is 11.9 Å². The average molecular weight is 211 g/mol. The normalized spacial score (nSPS) is 9.73. The number of nitrogens with zero attached hydrogens (tertiary/aromatic N) is 3. The molecule has 0 saturated heterocycles. The number of hydrogen-bond acceptors (Lipinski definition) is 3. The van der Waals surface area contributed by atoms with Crippen molar-refractivity contribution in [2.45, 2.75) is 19.9 Å². The molecule has 0 N–H and O–H groups in total. The van der Waals surface area contributed by atoms with E-state index in [4.69, 9.17) is 0 Å². The molecule has 0 unspecified atom stereocenters. The van der Waals surface area contributed by atoms with Crippen molar-refractivity contribution in [3.63, 3.8) is 0 Å². The SMILES string of the molecule is C=C(N(C)C=O)N(C)C(=C)N(C)C(C)C. The van der Waals surface area contributed by atoms with Gasteiger partial charge in [-0.1, -0.05) is 13.2 Å². The summed E-state index contributed by atoms with van der Waals surface area (Å²) in [7, 11) is 5.45. The summed E-state index contributed by atoms with van der Waals surface area (Å²) >= 11 is 0. The third-order valence-corrected chi connectivity index (χ3v) is 2.52. The predicted octanol–water partition coefficient (Wildman–Crippen LogP) is 1.29. The van der Waals surface area contributed by atoms with Crippen LogP contribution in [0.3, 0.4) is 0 Å². The number of amides is 1. The maximum Gasteiger partial charge on any atom is 0.214 e. The molecule has 0 atom stereocenters. The van der Waals surface area contributed by atoms with Crippen LogP contribution in [0.2, 0.25) is 0 Å². The third-order valence-electron chi connectivity index (χ3n) is 2.52. The Labute approximate surface area is 92.5 Å². The van der Waals surface area contributed by atoms with E-state index >= 15 is 0 Å². The standard InChI is InChI=1S/C11H21N3O/c1-9(2)13(6)11(4)14(7)10(3)12(5)8-15/h8-9H,3-4H2,1-2,5-7H3. The van der Waals surface area contributed by atoms with Crippen molar-refractivity contribution in [1.82, 2.24) is 14.7 Å². The molecule has 0 aliphatic carbocycles. The van der Waals surface area contributed by atoms with Gasteiger partial charge in [-0.05, 0) is 13.8 Å². The molecule has 0 aliphatic rings. The zero-order valence-electron chi connectivity index (χ0n) is 10.3. The average Bonchev–Trinajstić information content (AvgIpc) is 2.23. The molecule has 4 heteroatoms. The summed E-state index contributed by atoms with van der Waals surface area (Å²) in [6.07, 6.45) is 0.724. The molecule has 0 aliphatic heterocycles. The van der Waals surface area contributed by atoms with Gasteiger partial charge in [0, 0.05) is 27.2 Å². The zero-order valence-corrected chi connectivity index (χ0v) is 10.3. The molecule has 0 fully saturated rings. The highest BCUT2D eigenvalue weighted by atomic mass is 16.1. The molecule has 0 spiro atoms. The second-order valence-corrected chi connectivity index (χ2v) is 3.81. The van der Waals surface area contributed by atoms with Crippen molar-refractivity contribution < 1.29 is 4.79 Å². The van der Waals surface area contributed by atoms with Crippen LogP contribution in [0.4, 0.5) is 0 Å². The lowest BCUT2D eigenvalue weighted by Crippen LogP contribution is -2.37. The van der Waals surface area contributed by atoms with E-state index in [2.05, 4.69) is 27.0 Å². The van der Waals surface area contributed by atoms with Gasteiger partial charge < -0.3 is 14.7 Å². The fourth-order valence-corrected chi connectivity index (χ4v) is 0.981. The number of carbonyl (C=O) groups is 1. The summed E-state index contributed by atoms with van der Waals surface area (Å²) in [5.74, 6) is 1.41. The lowest BCUT2D eigenvalue weighted by molar-refractivity contribution is -0.116. The van der Waals surface area contributed by atoms with Gasteiger partial charge in [-0.3, -0.25) is 4.79 Å². The van der Waals surface area contributed by atoms with Gasteiger partial charge >= 0.3 is 0 Å². The molecule has 15 heavy (non-hydrogen) atoms. The summed E-state index contributed by atoms with van der Waals surface area (Å²) in [5.41, 5.74) is 0. The van der Waals surface area contributed by atoms with Gasteiger partial charge in [0.05, 0.1) is 0 Å². The fraction of sp³-hybridized carbons (Fsp3) is 0.545. The van der Waals surface area contributed by atoms with E-state index < -0.39 is 0 Å². The van der Waals surface area contributed by atoms with E-state index in [0.717, 1.165) is 12.2 Å². The van der Waals surface area contributed by atoms with Gasteiger partial charge in [0.1, 0.15) is 11.6 Å². The second kappa shape index (κ2) is 5.44. The first-order valence-corrected chi connectivity index (χ1v) is 4.85. The Bertz CT molecular complexity index is 261. The molecular formula is C11H21N3O. The van der Waals surface area contributed by atoms with Crippen molar-refractivity contribution in [1.29, 1.82) is 0 Å². The quantitative estimate of drug-likeness (QED) is 0.619. The minimum atomic E-state index is 0.356. The molecule has 1 amide bonds. The van der Waals surface area contributed by atoms with E-state index in [1.807, 2.05) is 19.0 Å². The molecule has 0 aromatic heterocycles. The molecule has 0 aromatic rings. The third kappa shape index (κ3) is 3.31. The lowest BCUT2D eigenvalue weighted by Gasteiger charge is -2.35. The van der Waals surface area contributed by atoms with Crippen LogP contribution in [0.1, 0.15) is 13.8 Å². The minimum absolute atomic E-state index is 0.356. The summed E-state index contributed by atoms with van der Waals surface area (Å²) in [6.45, 7) is 11.9. The van der Waals surface area contributed by atoms with Crippen LogP contribution in [0.25, 0.3) is 0 Å². The minimum Gasteiger partial charge on any atom is -0.359 e. The maximum atomic E-state index is 10.6. The van der Waals surface area contributed by atoms with Gasteiger partial charge in [0.2, 0.25) is 6.41 Å². The summed E-state index contributed by atoms with van der Waals surface area (Å²) in [5, 5.41) is 0. The van der Waals surface area contributed by atoms with E-state index in [-0.39, 0.29) is 0 Å². The van der Waals surface area contributed by atoms with Crippen molar-refractivity contribution in [2.75, 3.05) is 21.1 Å². The molecule has 0 radical (unpaired) electrons. The van der Waals surface area contributed by atoms with Crippen LogP contribution in [-0.2, 0) is 4.79 Å². The van der Waals surface area contributed by atoms with Crippen molar-refractivity contribution in [3.05, 3.63) is 24.8 Å². The summed E-state index contributed by atoms with van der Waals surface area (Å²) in [4.78, 5) is 15.8. The van der Waals surface area contributed by atoms with Gasteiger partial charge in [0.15, 0.2) is 0 Å². The molecule has 0 rings (SSSR count). The van der Waals surface area contributed by atoms with Crippen molar-refractivity contribution in [2.24, 2.45) is 0 Å². The Balaban J connectivity index is 4.58. The van der Waals surface area contributed by atoms with Crippen LogP contribution in [0.15, 0.2) is 24.8 Å². The van der Waals surface area contributed by atoms with Crippen LogP contribution >= 0.6 is 0 Å². The number of rotatable bonds is 6. The molecular weight excluding hydrogens is 190 g/mol. The topological polar surface area (TPSA) is 26.8 Å². The van der Waals surface area contributed by atoms with Crippen LogP contribution < -0.4 is 0 Å². The van der Waals surface area contributed by atoms with Crippen LogP contribution in [0.5, 0.6) is 0 Å². The molecule has 0 heterocycles. The molecule has 86 valence electrons. The van der Waals surface area contributed by atoms with Crippen molar-refractivity contribution in [3.8, 4) is 0 Å². The first kappa shape index (κ1) is 13.5. The van der Waals surface area contributed by atoms with E-state index in [0.29, 0.717) is 11.9 Å². The number of hydrogen-bond donors (Lipinski definition) is 0. The zero-order chi connectivity index (χ0) is 12.2. The Hall–Kier alpha value is -1.45. The van der Waals surface area contributed by atoms with Crippen molar-refractivity contribution >= 4 is 6.41 Å². The van der Waals surface area contributed by atoms with Crippen LogP contribution in [-0.4, -0.2) is 48.3 Å².